The van der Waals surface area contributed by atoms with Gasteiger partial charge in [0, 0.05) is 6.42 Å². The van der Waals surface area contributed by atoms with Gasteiger partial charge in [0.15, 0.2) is 11.6 Å². The van der Waals surface area contributed by atoms with Crippen LogP contribution >= 0.6 is 11.3 Å². The summed E-state index contributed by atoms with van der Waals surface area (Å²) >= 11 is 0.871. The minimum Gasteiger partial charge on any atom is -0.494 e. The third-order valence-electron chi connectivity index (χ3n) is 3.57. The Balaban J connectivity index is 1.72. The van der Waals surface area contributed by atoms with Crippen molar-refractivity contribution in [2.24, 2.45) is 0 Å². The van der Waals surface area contributed by atoms with Gasteiger partial charge in [0.05, 0.1) is 11.3 Å². The predicted molar refractivity (Wildman–Crippen MR) is 93.7 cm³/mol. The molecule has 0 radical (unpaired) electrons. The Morgan fingerprint density at radius 1 is 1.15 bits per heavy atom. The normalized spacial score (nSPS) is 10.7. The number of aromatic nitrogens is 1. The maximum Gasteiger partial charge on any atom is 0.307 e. The highest BCUT2D eigenvalue weighted by atomic mass is 32.1. The van der Waals surface area contributed by atoms with Crippen LogP contribution in [0.1, 0.15) is 16.0 Å². The quantitative estimate of drug-likeness (QED) is 0.614. The third-order valence-corrected chi connectivity index (χ3v) is 4.44. The number of H-pyrrole nitrogens is 1. The number of carboxylic acid groups (broad SMARTS) is 1. The molecule has 3 aromatic rings. The fourth-order valence-electron chi connectivity index (χ4n) is 2.37. The van der Waals surface area contributed by atoms with Crippen molar-refractivity contribution in [3.05, 3.63) is 74.0 Å². The molecule has 1 aromatic heterocycles. The Bertz CT molecular complexity index is 994. The van der Waals surface area contributed by atoms with Crippen LogP contribution in [-0.4, -0.2) is 21.2 Å². The molecular weight excluding hydrogens is 361 g/mol. The highest BCUT2D eigenvalue weighted by Crippen LogP contribution is 2.27. The molecule has 0 amide bonds. The lowest BCUT2D eigenvalue weighted by molar-refractivity contribution is -0.136. The van der Waals surface area contributed by atoms with E-state index in [0.717, 1.165) is 11.3 Å². The molecule has 3 rings (SSSR count). The van der Waals surface area contributed by atoms with E-state index < -0.39 is 11.8 Å². The smallest absolute Gasteiger partial charge is 0.307 e. The third kappa shape index (κ3) is 4.28. The first-order valence-corrected chi connectivity index (χ1v) is 8.40. The zero-order chi connectivity index (χ0) is 18.7. The second kappa shape index (κ2) is 7.40. The number of thiazole rings is 1. The summed E-state index contributed by atoms with van der Waals surface area (Å²) < 4.78 is 19.7. The molecule has 0 aliphatic heterocycles. The van der Waals surface area contributed by atoms with Gasteiger partial charge in [-0.25, -0.2) is 4.39 Å². The van der Waals surface area contributed by atoms with E-state index in [1.807, 2.05) is 0 Å². The van der Waals surface area contributed by atoms with E-state index in [1.165, 1.54) is 12.1 Å². The molecule has 1 heterocycles. The average Bonchev–Trinajstić information content (AvgIpc) is 2.88. The Hall–Kier alpha value is -3.13. The molecule has 0 aliphatic carbocycles. The maximum atomic E-state index is 14.3. The largest absolute Gasteiger partial charge is 0.494 e. The predicted octanol–water partition coefficient (Wildman–Crippen LogP) is 3.29. The van der Waals surface area contributed by atoms with E-state index in [2.05, 4.69) is 4.98 Å². The fourth-order valence-corrected chi connectivity index (χ4v) is 3.13. The van der Waals surface area contributed by atoms with Gasteiger partial charge in [0.2, 0.25) is 5.88 Å². The number of aliphatic carboxylic acids is 1. The van der Waals surface area contributed by atoms with Gasteiger partial charge < -0.3 is 14.9 Å². The lowest BCUT2D eigenvalue weighted by Gasteiger charge is -2.09. The summed E-state index contributed by atoms with van der Waals surface area (Å²) in [6, 6.07) is 10.7. The van der Waals surface area contributed by atoms with Crippen molar-refractivity contribution in [1.29, 1.82) is 0 Å². The summed E-state index contributed by atoms with van der Waals surface area (Å²) in [7, 11) is 0. The minimum atomic E-state index is -0.932. The molecule has 0 saturated heterocycles. The van der Waals surface area contributed by atoms with E-state index in [-0.39, 0.29) is 29.3 Å². The van der Waals surface area contributed by atoms with Crippen molar-refractivity contribution in [3.8, 4) is 17.4 Å². The standard InChI is InChI=1S/C18H14FNO5S/c19-13-7-11(8-15-17(23)20-18(24)26-15)3-6-14(13)25-12-4-1-10(2-5-12)9-16(21)22/h1-7,23H,8-9H2,(H,20,24)(H,21,22). The Morgan fingerprint density at radius 3 is 2.42 bits per heavy atom. The van der Waals surface area contributed by atoms with Gasteiger partial charge >= 0.3 is 10.8 Å². The van der Waals surface area contributed by atoms with Crippen LogP contribution in [0.2, 0.25) is 0 Å². The first-order valence-electron chi connectivity index (χ1n) is 7.58. The van der Waals surface area contributed by atoms with Crippen molar-refractivity contribution in [3.63, 3.8) is 0 Å². The van der Waals surface area contributed by atoms with Crippen molar-refractivity contribution in [1.82, 2.24) is 4.98 Å². The number of hydrogen-bond acceptors (Lipinski definition) is 5. The fraction of sp³-hybridized carbons (Fsp3) is 0.111. The van der Waals surface area contributed by atoms with Crippen molar-refractivity contribution < 1.29 is 24.1 Å². The van der Waals surface area contributed by atoms with Crippen LogP contribution in [0.15, 0.2) is 47.3 Å². The number of halogens is 1. The van der Waals surface area contributed by atoms with E-state index in [1.54, 1.807) is 30.3 Å². The molecule has 26 heavy (non-hydrogen) atoms. The maximum absolute atomic E-state index is 14.3. The molecule has 2 aromatic carbocycles. The Morgan fingerprint density at radius 2 is 1.85 bits per heavy atom. The second-order valence-electron chi connectivity index (χ2n) is 5.54. The number of rotatable bonds is 6. The molecule has 0 bridgehead atoms. The number of aromatic amines is 1. The summed E-state index contributed by atoms with van der Waals surface area (Å²) in [5, 5.41) is 18.3. The molecule has 0 aliphatic rings. The lowest BCUT2D eigenvalue weighted by Crippen LogP contribution is -1.99. The van der Waals surface area contributed by atoms with Gasteiger partial charge in [0.25, 0.3) is 0 Å². The number of hydrogen-bond donors (Lipinski definition) is 3. The van der Waals surface area contributed by atoms with Crippen LogP contribution < -0.4 is 9.61 Å². The van der Waals surface area contributed by atoms with Gasteiger partial charge in [-0.15, -0.1) is 0 Å². The molecule has 8 heteroatoms. The van der Waals surface area contributed by atoms with E-state index in [0.29, 0.717) is 21.8 Å². The zero-order valence-corrected chi connectivity index (χ0v) is 14.2. The zero-order valence-electron chi connectivity index (χ0n) is 13.4. The highest BCUT2D eigenvalue weighted by molar-refractivity contribution is 7.09. The van der Waals surface area contributed by atoms with E-state index >= 15 is 0 Å². The number of aromatic hydroxyl groups is 1. The SMILES string of the molecule is O=C(O)Cc1ccc(Oc2ccc(Cc3sc(=O)[nH]c3O)cc2F)cc1. The Kier molecular flexibility index (Phi) is 5.04. The number of carbonyl (C=O) groups is 1. The van der Waals surface area contributed by atoms with Crippen LogP contribution in [-0.2, 0) is 17.6 Å². The summed E-state index contributed by atoms with van der Waals surface area (Å²) in [5.74, 6) is -1.32. The molecule has 0 saturated carbocycles. The van der Waals surface area contributed by atoms with Gasteiger partial charge in [-0.1, -0.05) is 29.5 Å². The second-order valence-corrected chi connectivity index (χ2v) is 6.61. The molecule has 3 N–H and O–H groups in total. The van der Waals surface area contributed by atoms with Gasteiger partial charge in [-0.2, -0.15) is 0 Å². The van der Waals surface area contributed by atoms with Gasteiger partial charge in [0.1, 0.15) is 5.75 Å². The number of benzene rings is 2. The van der Waals surface area contributed by atoms with Crippen LogP contribution in [0.25, 0.3) is 0 Å². The van der Waals surface area contributed by atoms with Crippen molar-refractivity contribution >= 4 is 17.3 Å². The van der Waals surface area contributed by atoms with Gasteiger partial charge in [-0.05, 0) is 35.4 Å². The summed E-state index contributed by atoms with van der Waals surface area (Å²) in [5.41, 5.74) is 1.20. The summed E-state index contributed by atoms with van der Waals surface area (Å²) in [6.07, 6.45) is 0.123. The molecule has 6 nitrogen and oxygen atoms in total. The topological polar surface area (TPSA) is 99.6 Å². The number of carboxylic acids is 1. The van der Waals surface area contributed by atoms with E-state index in [9.17, 15) is 19.1 Å². The van der Waals surface area contributed by atoms with Crippen molar-refractivity contribution in [2.45, 2.75) is 12.8 Å². The molecule has 134 valence electrons. The van der Waals surface area contributed by atoms with Crippen molar-refractivity contribution in [2.75, 3.05) is 0 Å². The first kappa shape index (κ1) is 17.7. The average molecular weight is 375 g/mol. The summed E-state index contributed by atoms with van der Waals surface area (Å²) in [6.45, 7) is 0. The molecule has 0 unspecified atom stereocenters. The van der Waals surface area contributed by atoms with E-state index in [4.69, 9.17) is 9.84 Å². The molecule has 0 fully saturated rings. The summed E-state index contributed by atoms with van der Waals surface area (Å²) in [4.78, 5) is 24.2. The number of ether oxygens (including phenoxy) is 1. The molecular formula is C18H14FNO5S. The highest BCUT2D eigenvalue weighted by Gasteiger charge is 2.11. The Labute approximate surface area is 151 Å². The van der Waals surface area contributed by atoms with Crippen LogP contribution in [0.5, 0.6) is 17.4 Å². The van der Waals surface area contributed by atoms with Crippen LogP contribution in [0, 0.1) is 5.82 Å². The number of nitrogens with one attached hydrogen (secondary N) is 1. The first-order chi connectivity index (χ1) is 12.4. The minimum absolute atomic E-state index is 0.0196. The molecule has 0 atom stereocenters. The molecule has 0 spiro atoms. The van der Waals surface area contributed by atoms with Crippen LogP contribution in [0.4, 0.5) is 4.39 Å². The lowest BCUT2D eigenvalue weighted by atomic mass is 10.1. The monoisotopic (exact) mass is 375 g/mol. The van der Waals surface area contributed by atoms with Gasteiger partial charge in [-0.3, -0.25) is 14.6 Å². The van der Waals surface area contributed by atoms with Crippen LogP contribution in [0.3, 0.4) is 0 Å².